The molecule has 2 aromatic carbocycles. The Morgan fingerprint density at radius 2 is 1.76 bits per heavy atom. The summed E-state index contributed by atoms with van der Waals surface area (Å²) < 4.78 is 13.8. The predicted molar refractivity (Wildman–Crippen MR) is 107 cm³/mol. The van der Waals surface area contributed by atoms with Crippen LogP contribution in [0.1, 0.15) is 37.7 Å². The van der Waals surface area contributed by atoms with E-state index in [2.05, 4.69) is 22.8 Å². The van der Waals surface area contributed by atoms with E-state index in [1.54, 1.807) is 18.2 Å². The fraction of sp³-hybridized carbons (Fsp3) is 0.350. The van der Waals surface area contributed by atoms with Crippen molar-refractivity contribution in [1.82, 2.24) is 5.32 Å². The molecule has 5 heteroatoms. The summed E-state index contributed by atoms with van der Waals surface area (Å²) in [5.74, 6) is -0.298. The maximum Gasteiger partial charge on any atom is 0.171 e. The van der Waals surface area contributed by atoms with Crippen molar-refractivity contribution in [3.05, 3.63) is 64.9 Å². The number of hydrogen-bond acceptors (Lipinski definition) is 1. The van der Waals surface area contributed by atoms with E-state index >= 15 is 0 Å². The van der Waals surface area contributed by atoms with Crippen molar-refractivity contribution >= 4 is 34.6 Å². The Balaban J connectivity index is 1.62. The van der Waals surface area contributed by atoms with Gasteiger partial charge >= 0.3 is 0 Å². The number of aryl methyl sites for hydroxylation is 1. The highest BCUT2D eigenvalue weighted by Crippen LogP contribution is 2.34. The molecule has 0 heterocycles. The quantitative estimate of drug-likeness (QED) is 0.653. The molecule has 0 radical (unpaired) electrons. The summed E-state index contributed by atoms with van der Waals surface area (Å²) in [5.41, 5.74) is 1.66. The Morgan fingerprint density at radius 1 is 1.08 bits per heavy atom. The molecule has 0 amide bonds. The van der Waals surface area contributed by atoms with E-state index in [9.17, 15) is 4.39 Å². The predicted octanol–water partition coefficient (Wildman–Crippen LogP) is 5.71. The zero-order valence-corrected chi connectivity index (χ0v) is 15.6. The third kappa shape index (κ3) is 4.93. The molecule has 25 heavy (non-hydrogen) atoms. The smallest absolute Gasteiger partial charge is 0.171 e. The molecule has 0 saturated heterocycles. The fourth-order valence-corrected chi connectivity index (χ4v) is 3.93. The Bertz CT molecular complexity index is 727. The van der Waals surface area contributed by atoms with Gasteiger partial charge in [0.15, 0.2) is 5.11 Å². The van der Waals surface area contributed by atoms with Crippen LogP contribution in [0.5, 0.6) is 0 Å². The summed E-state index contributed by atoms with van der Waals surface area (Å²) in [5, 5.41) is 7.72. The zero-order chi connectivity index (χ0) is 17.7. The molecule has 0 spiro atoms. The number of halogens is 2. The second-order valence-electron chi connectivity index (χ2n) is 6.67. The van der Waals surface area contributed by atoms with Crippen molar-refractivity contribution in [2.45, 2.75) is 44.1 Å². The lowest BCUT2D eigenvalue weighted by molar-refractivity contribution is 0.362. The van der Waals surface area contributed by atoms with Crippen LogP contribution >= 0.6 is 23.8 Å². The third-order valence-electron chi connectivity index (χ3n) is 4.87. The van der Waals surface area contributed by atoms with Crippen LogP contribution in [0.4, 0.5) is 10.1 Å². The van der Waals surface area contributed by atoms with Crippen molar-refractivity contribution in [1.29, 1.82) is 0 Å². The summed E-state index contributed by atoms with van der Waals surface area (Å²) in [6.45, 7) is 0. The van der Waals surface area contributed by atoms with Crippen molar-refractivity contribution in [3.63, 3.8) is 0 Å². The maximum atomic E-state index is 13.8. The van der Waals surface area contributed by atoms with E-state index in [-0.39, 0.29) is 11.4 Å². The van der Waals surface area contributed by atoms with Crippen molar-refractivity contribution in [2.75, 3.05) is 5.32 Å². The third-order valence-corrected chi connectivity index (χ3v) is 5.32. The lowest BCUT2D eigenvalue weighted by atomic mass is 9.89. The highest BCUT2D eigenvalue weighted by Gasteiger charge is 2.34. The first-order chi connectivity index (χ1) is 12.1. The van der Waals surface area contributed by atoms with Gasteiger partial charge in [-0.05, 0) is 67.7 Å². The lowest BCUT2D eigenvalue weighted by Gasteiger charge is -2.32. The molecule has 1 aliphatic rings. The van der Waals surface area contributed by atoms with Gasteiger partial charge in [0.25, 0.3) is 0 Å². The SMILES string of the molecule is Fc1ccccc1NC(=S)NC1(CCc2ccc(Cl)cc2)CCCC1. The van der Waals surface area contributed by atoms with Crippen LogP contribution in [0.25, 0.3) is 0 Å². The topological polar surface area (TPSA) is 24.1 Å². The second-order valence-corrected chi connectivity index (χ2v) is 7.52. The zero-order valence-electron chi connectivity index (χ0n) is 14.0. The first-order valence-corrected chi connectivity index (χ1v) is 9.43. The summed E-state index contributed by atoms with van der Waals surface area (Å²) in [4.78, 5) is 0. The number of anilines is 1. The molecule has 132 valence electrons. The van der Waals surface area contributed by atoms with Crippen LogP contribution in [0.3, 0.4) is 0 Å². The van der Waals surface area contributed by atoms with Gasteiger partial charge in [0.05, 0.1) is 5.69 Å². The molecule has 0 unspecified atom stereocenters. The molecule has 0 aromatic heterocycles. The van der Waals surface area contributed by atoms with E-state index in [4.69, 9.17) is 23.8 Å². The van der Waals surface area contributed by atoms with Crippen LogP contribution in [-0.2, 0) is 6.42 Å². The molecular formula is C20H22ClFN2S. The van der Waals surface area contributed by atoms with Gasteiger partial charge in [0.2, 0.25) is 0 Å². The minimum atomic E-state index is -0.298. The maximum absolute atomic E-state index is 13.8. The summed E-state index contributed by atoms with van der Waals surface area (Å²) in [6.07, 6.45) is 6.51. The van der Waals surface area contributed by atoms with Gasteiger partial charge in [-0.15, -0.1) is 0 Å². The van der Waals surface area contributed by atoms with Crippen LogP contribution in [0, 0.1) is 5.82 Å². The summed E-state index contributed by atoms with van der Waals surface area (Å²) in [7, 11) is 0. The molecule has 0 atom stereocenters. The van der Waals surface area contributed by atoms with Crippen LogP contribution in [0.15, 0.2) is 48.5 Å². The van der Waals surface area contributed by atoms with Gasteiger partial charge in [-0.2, -0.15) is 0 Å². The van der Waals surface area contributed by atoms with Gasteiger partial charge in [-0.3, -0.25) is 0 Å². The van der Waals surface area contributed by atoms with E-state index in [1.807, 2.05) is 12.1 Å². The average molecular weight is 377 g/mol. The second kappa shape index (κ2) is 8.15. The first-order valence-electron chi connectivity index (χ1n) is 8.65. The minimum Gasteiger partial charge on any atom is -0.357 e. The van der Waals surface area contributed by atoms with Crippen molar-refractivity contribution in [3.8, 4) is 0 Å². The normalized spacial score (nSPS) is 15.8. The van der Waals surface area contributed by atoms with Gasteiger partial charge in [0, 0.05) is 10.6 Å². The number of rotatable bonds is 5. The lowest BCUT2D eigenvalue weighted by Crippen LogP contribution is -2.48. The van der Waals surface area contributed by atoms with Crippen molar-refractivity contribution in [2.24, 2.45) is 0 Å². The van der Waals surface area contributed by atoms with Gasteiger partial charge in [-0.25, -0.2) is 4.39 Å². The number of benzene rings is 2. The molecule has 1 aliphatic carbocycles. The van der Waals surface area contributed by atoms with E-state index < -0.39 is 0 Å². The Kier molecular flexibility index (Phi) is 5.92. The number of hydrogen-bond donors (Lipinski definition) is 2. The Hall–Kier alpha value is -1.65. The largest absolute Gasteiger partial charge is 0.357 e. The molecule has 2 aromatic rings. The minimum absolute atomic E-state index is 0.0189. The van der Waals surface area contributed by atoms with E-state index in [0.717, 1.165) is 30.7 Å². The molecule has 1 fully saturated rings. The number of thiocarbonyl (C=S) groups is 1. The molecule has 3 rings (SSSR count). The highest BCUT2D eigenvalue weighted by molar-refractivity contribution is 7.80. The van der Waals surface area contributed by atoms with Crippen molar-refractivity contribution < 1.29 is 4.39 Å². The summed E-state index contributed by atoms with van der Waals surface area (Å²) in [6, 6.07) is 14.6. The molecule has 1 saturated carbocycles. The van der Waals surface area contributed by atoms with E-state index in [1.165, 1.54) is 24.5 Å². The van der Waals surface area contributed by atoms with Crippen LogP contribution in [0.2, 0.25) is 5.02 Å². The molecule has 2 N–H and O–H groups in total. The average Bonchev–Trinajstić information content (AvgIpc) is 3.05. The molecule has 2 nitrogen and oxygen atoms in total. The Morgan fingerprint density at radius 3 is 2.44 bits per heavy atom. The summed E-state index contributed by atoms with van der Waals surface area (Å²) >= 11 is 11.4. The number of para-hydroxylation sites is 1. The monoisotopic (exact) mass is 376 g/mol. The standard InChI is InChI=1S/C20H22ClFN2S/c21-16-9-7-15(8-10-16)11-14-20(12-3-4-13-20)24-19(25)23-18-6-2-1-5-17(18)22/h1-2,5-10H,3-4,11-14H2,(H2,23,24,25). The first kappa shape index (κ1) is 18.2. The van der Waals surface area contributed by atoms with Gasteiger partial charge in [0.1, 0.15) is 5.82 Å². The fourth-order valence-electron chi connectivity index (χ4n) is 3.48. The number of nitrogens with one attached hydrogen (secondary N) is 2. The van der Waals surface area contributed by atoms with Crippen LogP contribution in [-0.4, -0.2) is 10.7 Å². The molecular weight excluding hydrogens is 355 g/mol. The molecule has 0 bridgehead atoms. The van der Waals surface area contributed by atoms with Gasteiger partial charge in [-0.1, -0.05) is 48.7 Å². The highest BCUT2D eigenvalue weighted by atomic mass is 35.5. The van der Waals surface area contributed by atoms with Crippen LogP contribution < -0.4 is 10.6 Å². The Labute approximate surface area is 158 Å². The molecule has 0 aliphatic heterocycles. The van der Waals surface area contributed by atoms with E-state index in [0.29, 0.717) is 10.8 Å². The van der Waals surface area contributed by atoms with Gasteiger partial charge < -0.3 is 10.6 Å².